The van der Waals surface area contributed by atoms with Gasteiger partial charge in [-0.1, -0.05) is 17.7 Å². The van der Waals surface area contributed by atoms with Gasteiger partial charge in [0.25, 0.3) is 0 Å². The Morgan fingerprint density at radius 1 is 1.25 bits per heavy atom. The molecule has 1 saturated heterocycles. The van der Waals surface area contributed by atoms with Crippen molar-refractivity contribution in [2.24, 2.45) is 0 Å². The quantitative estimate of drug-likeness (QED) is 0.844. The van der Waals surface area contributed by atoms with E-state index in [1.165, 1.54) is 29.5 Å². The van der Waals surface area contributed by atoms with Gasteiger partial charge >= 0.3 is 0 Å². The molecule has 1 aromatic carbocycles. The smallest absolute Gasteiger partial charge is 0.125 e. The Balaban J connectivity index is 2.03. The first-order valence-electron chi connectivity index (χ1n) is 6.11. The SMILES string of the molecule is Cc1cc(C)c(OC[C@@H]2CCCN2)c(C)c1. The standard InChI is InChI=1S/C14H21NO/c1-10-7-11(2)14(12(3)8-10)16-9-13-5-4-6-15-13/h7-8,13,15H,4-6,9H2,1-3H3/t13-/m0/s1. The summed E-state index contributed by atoms with van der Waals surface area (Å²) in [4.78, 5) is 0. The van der Waals surface area contributed by atoms with Gasteiger partial charge in [0.05, 0.1) is 0 Å². The average molecular weight is 219 g/mol. The van der Waals surface area contributed by atoms with E-state index in [-0.39, 0.29) is 0 Å². The predicted octanol–water partition coefficient (Wildman–Crippen LogP) is 2.74. The molecule has 1 aliphatic heterocycles. The highest BCUT2D eigenvalue weighted by molar-refractivity contribution is 5.42. The van der Waals surface area contributed by atoms with Gasteiger partial charge in [-0.15, -0.1) is 0 Å². The van der Waals surface area contributed by atoms with Crippen molar-refractivity contribution in [3.63, 3.8) is 0 Å². The largest absolute Gasteiger partial charge is 0.491 e. The lowest BCUT2D eigenvalue weighted by atomic mass is 10.1. The first kappa shape index (κ1) is 11.5. The van der Waals surface area contributed by atoms with Gasteiger partial charge in [-0.2, -0.15) is 0 Å². The Hall–Kier alpha value is -1.02. The van der Waals surface area contributed by atoms with E-state index < -0.39 is 0 Å². The van der Waals surface area contributed by atoms with Gasteiger partial charge in [0.2, 0.25) is 0 Å². The zero-order valence-electron chi connectivity index (χ0n) is 10.5. The normalized spacial score (nSPS) is 20.1. The zero-order valence-corrected chi connectivity index (χ0v) is 10.5. The van der Waals surface area contributed by atoms with E-state index >= 15 is 0 Å². The first-order chi connectivity index (χ1) is 7.66. The van der Waals surface area contributed by atoms with Crippen molar-refractivity contribution in [1.29, 1.82) is 0 Å². The van der Waals surface area contributed by atoms with Gasteiger partial charge in [0.15, 0.2) is 0 Å². The lowest BCUT2D eigenvalue weighted by Crippen LogP contribution is -2.28. The Morgan fingerprint density at radius 3 is 2.50 bits per heavy atom. The lowest BCUT2D eigenvalue weighted by Gasteiger charge is -2.16. The number of nitrogens with one attached hydrogen (secondary N) is 1. The molecule has 0 bridgehead atoms. The van der Waals surface area contributed by atoms with Crippen LogP contribution in [0.4, 0.5) is 0 Å². The summed E-state index contributed by atoms with van der Waals surface area (Å²) >= 11 is 0. The maximum Gasteiger partial charge on any atom is 0.125 e. The summed E-state index contributed by atoms with van der Waals surface area (Å²) < 4.78 is 5.94. The molecular formula is C14H21NO. The molecule has 1 fully saturated rings. The second-order valence-corrected chi connectivity index (χ2v) is 4.83. The summed E-state index contributed by atoms with van der Waals surface area (Å²) in [6.45, 7) is 8.31. The molecule has 2 heteroatoms. The molecule has 0 aromatic heterocycles. The number of rotatable bonds is 3. The minimum Gasteiger partial charge on any atom is -0.491 e. The molecule has 1 N–H and O–H groups in total. The first-order valence-corrected chi connectivity index (χ1v) is 6.11. The Morgan fingerprint density at radius 2 is 1.94 bits per heavy atom. The van der Waals surface area contributed by atoms with Crippen molar-refractivity contribution in [1.82, 2.24) is 5.32 Å². The van der Waals surface area contributed by atoms with Gasteiger partial charge < -0.3 is 10.1 Å². The van der Waals surface area contributed by atoms with Gasteiger partial charge in [-0.3, -0.25) is 0 Å². The molecule has 0 saturated carbocycles. The van der Waals surface area contributed by atoms with Crippen molar-refractivity contribution in [3.8, 4) is 5.75 Å². The van der Waals surface area contributed by atoms with E-state index in [0.29, 0.717) is 6.04 Å². The van der Waals surface area contributed by atoms with Crippen LogP contribution in [0.25, 0.3) is 0 Å². The molecule has 2 nitrogen and oxygen atoms in total. The van der Waals surface area contributed by atoms with Crippen LogP contribution < -0.4 is 10.1 Å². The molecule has 1 aliphatic rings. The summed E-state index contributed by atoms with van der Waals surface area (Å²) in [5.74, 6) is 1.07. The topological polar surface area (TPSA) is 21.3 Å². The predicted molar refractivity (Wildman–Crippen MR) is 67.2 cm³/mol. The van der Waals surface area contributed by atoms with Gasteiger partial charge in [0.1, 0.15) is 12.4 Å². The molecule has 2 rings (SSSR count). The van der Waals surface area contributed by atoms with Crippen LogP contribution in [0, 0.1) is 20.8 Å². The van der Waals surface area contributed by atoms with Crippen molar-refractivity contribution in [3.05, 3.63) is 28.8 Å². The van der Waals surface area contributed by atoms with E-state index in [0.717, 1.165) is 18.9 Å². The van der Waals surface area contributed by atoms with Crippen LogP contribution in [0.15, 0.2) is 12.1 Å². The number of ether oxygens (including phenoxy) is 1. The fourth-order valence-electron chi connectivity index (χ4n) is 2.48. The molecule has 0 aliphatic carbocycles. The average Bonchev–Trinajstić information content (AvgIpc) is 2.68. The van der Waals surface area contributed by atoms with Gasteiger partial charge in [-0.05, 0) is 51.3 Å². The molecule has 0 unspecified atom stereocenters. The van der Waals surface area contributed by atoms with Crippen LogP contribution in [-0.2, 0) is 0 Å². The number of hydrogen-bond donors (Lipinski definition) is 1. The Kier molecular flexibility index (Phi) is 3.49. The van der Waals surface area contributed by atoms with Crippen LogP contribution >= 0.6 is 0 Å². The maximum absolute atomic E-state index is 5.94. The lowest BCUT2D eigenvalue weighted by molar-refractivity contribution is 0.274. The van der Waals surface area contributed by atoms with Crippen LogP contribution in [-0.4, -0.2) is 19.2 Å². The van der Waals surface area contributed by atoms with E-state index in [9.17, 15) is 0 Å². The molecular weight excluding hydrogens is 198 g/mol. The summed E-state index contributed by atoms with van der Waals surface area (Å²) in [6, 6.07) is 4.91. The number of aryl methyl sites for hydroxylation is 3. The summed E-state index contributed by atoms with van der Waals surface area (Å²) in [6.07, 6.45) is 2.52. The molecule has 1 aromatic rings. The third-order valence-electron chi connectivity index (χ3n) is 3.20. The maximum atomic E-state index is 5.94. The summed E-state index contributed by atoms with van der Waals surface area (Å²) in [5.41, 5.74) is 3.80. The monoisotopic (exact) mass is 219 g/mol. The van der Waals surface area contributed by atoms with Crippen LogP contribution in [0.5, 0.6) is 5.75 Å². The minimum absolute atomic E-state index is 0.542. The van der Waals surface area contributed by atoms with E-state index in [4.69, 9.17) is 4.74 Å². The highest BCUT2D eigenvalue weighted by Gasteiger charge is 2.15. The van der Waals surface area contributed by atoms with Crippen molar-refractivity contribution in [2.45, 2.75) is 39.7 Å². The Bertz CT molecular complexity index is 344. The minimum atomic E-state index is 0.542. The van der Waals surface area contributed by atoms with Crippen molar-refractivity contribution >= 4 is 0 Å². The van der Waals surface area contributed by atoms with Crippen LogP contribution in [0.3, 0.4) is 0 Å². The van der Waals surface area contributed by atoms with Gasteiger partial charge in [0, 0.05) is 6.04 Å². The molecule has 0 spiro atoms. The van der Waals surface area contributed by atoms with Crippen molar-refractivity contribution in [2.75, 3.05) is 13.2 Å². The zero-order chi connectivity index (χ0) is 11.5. The molecule has 0 amide bonds. The third kappa shape index (κ3) is 2.56. The molecule has 1 atom stereocenters. The van der Waals surface area contributed by atoms with E-state index in [1.807, 2.05) is 0 Å². The molecule has 0 radical (unpaired) electrons. The summed E-state index contributed by atoms with van der Waals surface area (Å²) in [7, 11) is 0. The molecule has 1 heterocycles. The van der Waals surface area contributed by atoms with Crippen LogP contribution in [0.2, 0.25) is 0 Å². The fraction of sp³-hybridized carbons (Fsp3) is 0.571. The number of hydrogen-bond acceptors (Lipinski definition) is 2. The van der Waals surface area contributed by atoms with E-state index in [2.05, 4.69) is 38.2 Å². The number of benzene rings is 1. The second-order valence-electron chi connectivity index (χ2n) is 4.83. The highest BCUT2D eigenvalue weighted by Crippen LogP contribution is 2.25. The third-order valence-corrected chi connectivity index (χ3v) is 3.20. The highest BCUT2D eigenvalue weighted by atomic mass is 16.5. The second kappa shape index (κ2) is 4.88. The van der Waals surface area contributed by atoms with Gasteiger partial charge in [-0.25, -0.2) is 0 Å². The van der Waals surface area contributed by atoms with E-state index in [1.54, 1.807) is 0 Å². The van der Waals surface area contributed by atoms with Crippen molar-refractivity contribution < 1.29 is 4.74 Å². The molecule has 16 heavy (non-hydrogen) atoms. The van der Waals surface area contributed by atoms with Crippen LogP contribution in [0.1, 0.15) is 29.5 Å². The Labute approximate surface area is 98.0 Å². The molecule has 88 valence electrons. The summed E-state index contributed by atoms with van der Waals surface area (Å²) in [5, 5.41) is 3.45. The fourth-order valence-corrected chi connectivity index (χ4v) is 2.48.